The Morgan fingerprint density at radius 2 is 2.00 bits per heavy atom. The number of fused-ring (bicyclic) bond motifs is 1. The lowest BCUT2D eigenvalue weighted by Crippen LogP contribution is -2.47. The van der Waals surface area contributed by atoms with Gasteiger partial charge < -0.3 is 14.5 Å². The minimum absolute atomic E-state index is 0.00947. The van der Waals surface area contributed by atoms with Crippen molar-refractivity contribution in [1.29, 1.82) is 0 Å². The molecule has 2 heterocycles. The molecule has 1 aliphatic rings. The van der Waals surface area contributed by atoms with Crippen molar-refractivity contribution in [3.8, 4) is 0 Å². The fraction of sp³-hybridized carbons (Fsp3) is 0.500. The zero-order valence-electron chi connectivity index (χ0n) is 18.2. The highest BCUT2D eigenvalue weighted by molar-refractivity contribution is 7.10. The molecule has 0 fully saturated rings. The smallest absolute Gasteiger partial charge is 0.242 e. The SMILES string of the molecule is COCCCN(CC(=O)N1CCc2sccc2[C@@H]1c1ccccc1)C(=O)CC(C)C. The number of methoxy groups -OCH3 is 1. The van der Waals surface area contributed by atoms with E-state index in [0.29, 0.717) is 26.1 Å². The lowest BCUT2D eigenvalue weighted by atomic mass is 9.93. The standard InChI is InChI=1S/C24H32N2O3S/c1-18(2)16-22(27)25(12-7-14-29-3)17-23(28)26-13-10-21-20(11-15-30-21)24(26)19-8-5-4-6-9-19/h4-6,8-9,11,15,18,24H,7,10,12-14,16-17H2,1-3H3/t24-/m0/s1. The lowest BCUT2D eigenvalue weighted by Gasteiger charge is -2.37. The van der Waals surface area contributed by atoms with Crippen molar-refractivity contribution in [2.75, 3.05) is 33.4 Å². The van der Waals surface area contributed by atoms with Crippen LogP contribution in [0, 0.1) is 5.92 Å². The third-order valence-electron chi connectivity index (χ3n) is 5.44. The quantitative estimate of drug-likeness (QED) is 0.564. The molecular formula is C24H32N2O3S. The number of benzene rings is 1. The van der Waals surface area contributed by atoms with Gasteiger partial charge in [0.25, 0.3) is 0 Å². The second kappa shape index (κ2) is 10.7. The molecule has 2 amide bonds. The third kappa shape index (κ3) is 5.49. The van der Waals surface area contributed by atoms with E-state index in [4.69, 9.17) is 4.74 Å². The van der Waals surface area contributed by atoms with Gasteiger partial charge in [0.2, 0.25) is 11.8 Å². The molecule has 162 valence electrons. The molecule has 1 atom stereocenters. The van der Waals surface area contributed by atoms with Crippen molar-refractivity contribution in [3.63, 3.8) is 0 Å². The minimum atomic E-state index is -0.0882. The fourth-order valence-electron chi connectivity index (χ4n) is 4.00. The largest absolute Gasteiger partial charge is 0.385 e. The monoisotopic (exact) mass is 428 g/mol. The summed E-state index contributed by atoms with van der Waals surface area (Å²) >= 11 is 1.76. The summed E-state index contributed by atoms with van der Waals surface area (Å²) in [5.74, 6) is 0.312. The highest BCUT2D eigenvalue weighted by atomic mass is 32.1. The highest BCUT2D eigenvalue weighted by Gasteiger charge is 2.33. The molecule has 5 nitrogen and oxygen atoms in total. The molecule has 0 aliphatic carbocycles. The van der Waals surface area contributed by atoms with Crippen LogP contribution in [-0.2, 0) is 20.7 Å². The predicted molar refractivity (Wildman–Crippen MR) is 121 cm³/mol. The van der Waals surface area contributed by atoms with E-state index in [9.17, 15) is 9.59 Å². The van der Waals surface area contributed by atoms with Crippen molar-refractivity contribution in [1.82, 2.24) is 9.80 Å². The van der Waals surface area contributed by atoms with Crippen molar-refractivity contribution in [2.45, 2.75) is 39.2 Å². The van der Waals surface area contributed by atoms with Gasteiger partial charge in [-0.15, -0.1) is 11.3 Å². The lowest BCUT2D eigenvalue weighted by molar-refractivity contribution is -0.142. The first kappa shape index (κ1) is 22.5. The normalized spacial score (nSPS) is 15.9. The van der Waals surface area contributed by atoms with E-state index in [0.717, 1.165) is 18.4 Å². The minimum Gasteiger partial charge on any atom is -0.385 e. The zero-order valence-corrected chi connectivity index (χ0v) is 19.0. The van der Waals surface area contributed by atoms with Crippen LogP contribution in [0.2, 0.25) is 0 Å². The Labute approximate surface area is 183 Å². The van der Waals surface area contributed by atoms with E-state index in [2.05, 4.69) is 23.6 Å². The van der Waals surface area contributed by atoms with Crippen molar-refractivity contribution >= 4 is 23.2 Å². The maximum Gasteiger partial charge on any atom is 0.242 e. The van der Waals surface area contributed by atoms with Gasteiger partial charge in [-0.1, -0.05) is 44.2 Å². The summed E-state index contributed by atoms with van der Waals surface area (Å²) in [5, 5.41) is 2.11. The molecule has 0 spiro atoms. The van der Waals surface area contributed by atoms with Gasteiger partial charge in [-0.05, 0) is 41.3 Å². The molecule has 6 heteroatoms. The van der Waals surface area contributed by atoms with Gasteiger partial charge in [-0.3, -0.25) is 9.59 Å². The Morgan fingerprint density at radius 3 is 2.70 bits per heavy atom. The van der Waals surface area contributed by atoms with Gasteiger partial charge in [0.1, 0.15) is 0 Å². The van der Waals surface area contributed by atoms with Crippen LogP contribution in [0.4, 0.5) is 0 Å². The average molecular weight is 429 g/mol. The molecule has 0 radical (unpaired) electrons. The van der Waals surface area contributed by atoms with Crippen LogP contribution in [0.15, 0.2) is 41.8 Å². The van der Waals surface area contributed by atoms with E-state index < -0.39 is 0 Å². The number of amides is 2. The van der Waals surface area contributed by atoms with Gasteiger partial charge in [-0.25, -0.2) is 0 Å². The molecule has 0 bridgehead atoms. The molecule has 1 aromatic heterocycles. The van der Waals surface area contributed by atoms with Crippen molar-refractivity contribution < 1.29 is 14.3 Å². The third-order valence-corrected chi connectivity index (χ3v) is 6.44. The molecular weight excluding hydrogens is 396 g/mol. The van der Waals surface area contributed by atoms with Crippen LogP contribution in [0.1, 0.15) is 48.7 Å². The van der Waals surface area contributed by atoms with Crippen LogP contribution in [0.25, 0.3) is 0 Å². The second-order valence-corrected chi connectivity index (χ2v) is 9.21. The Morgan fingerprint density at radius 1 is 1.23 bits per heavy atom. The Hall–Kier alpha value is -2.18. The molecule has 1 aliphatic heterocycles. The Balaban J connectivity index is 1.81. The molecule has 0 N–H and O–H groups in total. The number of thiophene rings is 1. The maximum absolute atomic E-state index is 13.5. The van der Waals surface area contributed by atoms with Crippen molar-refractivity contribution in [3.05, 3.63) is 57.8 Å². The molecule has 1 aromatic carbocycles. The summed E-state index contributed by atoms with van der Waals surface area (Å²) in [5.41, 5.74) is 2.33. The number of ether oxygens (including phenoxy) is 1. The first-order valence-corrected chi connectivity index (χ1v) is 11.6. The topological polar surface area (TPSA) is 49.9 Å². The molecule has 3 rings (SSSR count). The first-order valence-electron chi connectivity index (χ1n) is 10.7. The van der Waals surface area contributed by atoms with Crippen LogP contribution < -0.4 is 0 Å². The summed E-state index contributed by atoms with van der Waals surface area (Å²) < 4.78 is 5.15. The number of rotatable bonds is 9. The van der Waals surface area contributed by atoms with Crippen molar-refractivity contribution in [2.24, 2.45) is 5.92 Å². The van der Waals surface area contributed by atoms with Gasteiger partial charge >= 0.3 is 0 Å². The number of carbonyl (C=O) groups is 2. The molecule has 30 heavy (non-hydrogen) atoms. The van der Waals surface area contributed by atoms with Crippen LogP contribution in [0.3, 0.4) is 0 Å². The van der Waals surface area contributed by atoms with E-state index in [1.807, 2.05) is 36.9 Å². The van der Waals surface area contributed by atoms with E-state index >= 15 is 0 Å². The van der Waals surface area contributed by atoms with Gasteiger partial charge in [0, 0.05) is 38.1 Å². The first-order chi connectivity index (χ1) is 14.5. The van der Waals surface area contributed by atoms with Crippen LogP contribution in [-0.4, -0.2) is 55.0 Å². The highest BCUT2D eigenvalue weighted by Crippen LogP contribution is 2.37. The number of carbonyl (C=O) groups excluding carboxylic acids is 2. The molecule has 0 saturated carbocycles. The van der Waals surface area contributed by atoms with E-state index in [1.165, 1.54) is 10.4 Å². The molecule has 2 aromatic rings. The van der Waals surface area contributed by atoms with E-state index in [-0.39, 0.29) is 30.3 Å². The molecule has 0 unspecified atom stereocenters. The van der Waals surface area contributed by atoms with Gasteiger partial charge in [-0.2, -0.15) is 0 Å². The predicted octanol–water partition coefficient (Wildman–Crippen LogP) is 4.13. The van der Waals surface area contributed by atoms with Gasteiger partial charge in [0.05, 0.1) is 12.6 Å². The Bertz CT molecular complexity index is 834. The van der Waals surface area contributed by atoms with Crippen LogP contribution >= 0.6 is 11.3 Å². The van der Waals surface area contributed by atoms with Gasteiger partial charge in [0.15, 0.2) is 0 Å². The van der Waals surface area contributed by atoms with Crippen LogP contribution in [0.5, 0.6) is 0 Å². The average Bonchev–Trinajstić information content (AvgIpc) is 3.21. The number of hydrogen-bond donors (Lipinski definition) is 0. The molecule has 0 saturated heterocycles. The zero-order chi connectivity index (χ0) is 21.5. The maximum atomic E-state index is 13.5. The summed E-state index contributed by atoms with van der Waals surface area (Å²) in [6.07, 6.45) is 2.05. The number of hydrogen-bond acceptors (Lipinski definition) is 4. The number of nitrogens with zero attached hydrogens (tertiary/aromatic N) is 2. The van der Waals surface area contributed by atoms with E-state index in [1.54, 1.807) is 23.3 Å². The summed E-state index contributed by atoms with van der Waals surface area (Å²) in [6.45, 7) is 5.98. The summed E-state index contributed by atoms with van der Waals surface area (Å²) in [6, 6.07) is 12.2. The second-order valence-electron chi connectivity index (χ2n) is 8.21. The Kier molecular flexibility index (Phi) is 8.05. The summed E-state index contributed by atoms with van der Waals surface area (Å²) in [7, 11) is 1.65. The fourth-order valence-corrected chi connectivity index (χ4v) is 4.91. The summed E-state index contributed by atoms with van der Waals surface area (Å²) in [4.78, 5) is 31.3.